The van der Waals surface area contributed by atoms with E-state index in [2.05, 4.69) is 20.7 Å². The normalized spacial score (nSPS) is 12.7. The molecule has 0 bridgehead atoms. The summed E-state index contributed by atoms with van der Waals surface area (Å²) in [7, 11) is -3.78. The summed E-state index contributed by atoms with van der Waals surface area (Å²) in [5, 5.41) is 0.653. The molecule has 3 nitrogen and oxygen atoms in total. The zero-order valence-electron chi connectivity index (χ0n) is 9.70. The van der Waals surface area contributed by atoms with Gasteiger partial charge in [-0.1, -0.05) is 41.9 Å². The van der Waals surface area contributed by atoms with E-state index in [1.54, 1.807) is 0 Å². The molecule has 0 saturated carbocycles. The van der Waals surface area contributed by atoms with Gasteiger partial charge in [-0.05, 0) is 17.5 Å². The van der Waals surface area contributed by atoms with Gasteiger partial charge >= 0.3 is 0 Å². The maximum Gasteiger partial charge on any atom is 0.243 e. The highest BCUT2D eigenvalue weighted by Crippen LogP contribution is 2.19. The van der Waals surface area contributed by atoms with Crippen LogP contribution in [0.25, 0.3) is 0 Å². The largest absolute Gasteiger partial charge is 0.243 e. The van der Waals surface area contributed by atoms with Crippen molar-refractivity contribution in [2.75, 3.05) is 11.9 Å². The van der Waals surface area contributed by atoms with Gasteiger partial charge in [0.1, 0.15) is 10.7 Å². The minimum Gasteiger partial charge on any atom is -0.210 e. The van der Waals surface area contributed by atoms with Crippen molar-refractivity contribution in [1.82, 2.24) is 4.72 Å². The van der Waals surface area contributed by atoms with Gasteiger partial charge in [-0.3, -0.25) is 0 Å². The maximum absolute atomic E-state index is 13.4. The van der Waals surface area contributed by atoms with Crippen molar-refractivity contribution in [3.8, 4) is 0 Å². The summed E-state index contributed by atoms with van der Waals surface area (Å²) in [6.45, 7) is 4.06. The highest BCUT2D eigenvalue weighted by molar-refractivity contribution is 9.09. The third-order valence-electron chi connectivity index (χ3n) is 2.23. The van der Waals surface area contributed by atoms with Crippen molar-refractivity contribution in [3.05, 3.63) is 30.1 Å². The average molecular weight is 324 g/mol. The molecule has 0 fully saturated rings. The quantitative estimate of drug-likeness (QED) is 0.846. The first-order valence-electron chi connectivity index (χ1n) is 5.09. The lowest BCUT2D eigenvalue weighted by atomic mass is 9.98. The maximum atomic E-state index is 13.4. The van der Waals surface area contributed by atoms with Crippen molar-refractivity contribution in [2.24, 2.45) is 5.41 Å². The van der Waals surface area contributed by atoms with Crippen LogP contribution in [0.1, 0.15) is 13.8 Å². The van der Waals surface area contributed by atoms with E-state index in [0.29, 0.717) is 5.33 Å². The van der Waals surface area contributed by atoms with Crippen LogP contribution in [0.4, 0.5) is 4.39 Å². The number of benzene rings is 1. The Morgan fingerprint density at radius 3 is 2.47 bits per heavy atom. The lowest BCUT2D eigenvalue weighted by Crippen LogP contribution is -2.35. The molecule has 0 aromatic heterocycles. The van der Waals surface area contributed by atoms with E-state index < -0.39 is 15.8 Å². The van der Waals surface area contributed by atoms with E-state index in [1.165, 1.54) is 18.2 Å². The molecule has 0 amide bonds. The van der Waals surface area contributed by atoms with Crippen molar-refractivity contribution in [2.45, 2.75) is 18.7 Å². The minimum absolute atomic E-state index is 0.224. The Balaban J connectivity index is 2.88. The molecule has 1 N–H and O–H groups in total. The van der Waals surface area contributed by atoms with Gasteiger partial charge in [0.25, 0.3) is 0 Å². The SMILES string of the molecule is CC(C)(CBr)CNS(=O)(=O)c1ccccc1F. The van der Waals surface area contributed by atoms with Gasteiger partial charge in [0.15, 0.2) is 0 Å². The molecule has 0 aliphatic heterocycles. The topological polar surface area (TPSA) is 46.2 Å². The predicted octanol–water partition coefficient (Wildman–Crippen LogP) is 2.53. The lowest BCUT2D eigenvalue weighted by molar-refractivity contribution is 0.419. The second-order valence-corrected chi connectivity index (χ2v) is 6.85. The molecular formula is C11H15BrFNO2S. The summed E-state index contributed by atoms with van der Waals surface area (Å²) in [6, 6.07) is 5.33. The van der Waals surface area contributed by atoms with Gasteiger partial charge in [0, 0.05) is 11.9 Å². The monoisotopic (exact) mass is 323 g/mol. The molecule has 1 rings (SSSR count). The van der Waals surface area contributed by atoms with Crippen molar-refractivity contribution in [1.29, 1.82) is 0 Å². The molecule has 0 aliphatic carbocycles. The van der Waals surface area contributed by atoms with E-state index in [-0.39, 0.29) is 16.9 Å². The van der Waals surface area contributed by atoms with Crippen LogP contribution in [0, 0.1) is 11.2 Å². The molecule has 96 valence electrons. The second kappa shape index (κ2) is 5.46. The van der Waals surface area contributed by atoms with E-state index >= 15 is 0 Å². The lowest BCUT2D eigenvalue weighted by Gasteiger charge is -2.21. The Morgan fingerprint density at radius 2 is 1.94 bits per heavy atom. The highest BCUT2D eigenvalue weighted by Gasteiger charge is 2.23. The molecule has 0 saturated heterocycles. The zero-order chi connectivity index (χ0) is 13.1. The van der Waals surface area contributed by atoms with Crippen LogP contribution in [-0.4, -0.2) is 20.3 Å². The van der Waals surface area contributed by atoms with Crippen LogP contribution in [0.2, 0.25) is 0 Å². The number of nitrogens with one attached hydrogen (secondary N) is 1. The predicted molar refractivity (Wildman–Crippen MR) is 69.2 cm³/mol. The third-order valence-corrected chi connectivity index (χ3v) is 5.18. The molecule has 0 atom stereocenters. The van der Waals surface area contributed by atoms with Crippen molar-refractivity contribution >= 4 is 26.0 Å². The fraction of sp³-hybridized carbons (Fsp3) is 0.455. The average Bonchev–Trinajstić information content (AvgIpc) is 2.27. The highest BCUT2D eigenvalue weighted by atomic mass is 79.9. The molecule has 0 radical (unpaired) electrons. The van der Waals surface area contributed by atoms with Gasteiger partial charge < -0.3 is 0 Å². The molecule has 1 aromatic carbocycles. The van der Waals surface area contributed by atoms with Gasteiger partial charge in [0.05, 0.1) is 0 Å². The first-order chi connectivity index (χ1) is 7.78. The van der Waals surface area contributed by atoms with E-state index in [1.807, 2.05) is 13.8 Å². The van der Waals surface area contributed by atoms with E-state index in [0.717, 1.165) is 6.07 Å². The molecule has 6 heteroatoms. The smallest absolute Gasteiger partial charge is 0.210 e. The van der Waals surface area contributed by atoms with Crippen LogP contribution >= 0.6 is 15.9 Å². The van der Waals surface area contributed by atoms with Gasteiger partial charge in [-0.25, -0.2) is 17.5 Å². The van der Waals surface area contributed by atoms with Crippen molar-refractivity contribution < 1.29 is 12.8 Å². The molecular weight excluding hydrogens is 309 g/mol. The summed E-state index contributed by atoms with van der Waals surface area (Å²) in [5.74, 6) is -0.739. The van der Waals surface area contributed by atoms with Crippen LogP contribution < -0.4 is 4.72 Å². The summed E-state index contributed by atoms with van der Waals surface area (Å²) in [5.41, 5.74) is -0.224. The number of hydrogen-bond donors (Lipinski definition) is 1. The summed E-state index contributed by atoms with van der Waals surface area (Å²) < 4.78 is 39.5. The fourth-order valence-corrected chi connectivity index (χ4v) is 2.60. The van der Waals surface area contributed by atoms with Crippen LogP contribution in [0.3, 0.4) is 0 Å². The standard InChI is InChI=1S/C11H15BrFNO2S/c1-11(2,7-12)8-14-17(15,16)10-6-4-3-5-9(10)13/h3-6,14H,7-8H2,1-2H3. The Hall–Kier alpha value is -0.460. The first-order valence-corrected chi connectivity index (χ1v) is 7.69. The number of halogens is 2. The Kier molecular flexibility index (Phi) is 4.69. The van der Waals surface area contributed by atoms with Crippen molar-refractivity contribution in [3.63, 3.8) is 0 Å². The van der Waals surface area contributed by atoms with Crippen LogP contribution in [0.15, 0.2) is 29.2 Å². The third kappa shape index (κ3) is 4.04. The molecule has 17 heavy (non-hydrogen) atoms. The summed E-state index contributed by atoms with van der Waals surface area (Å²) in [6.07, 6.45) is 0. The summed E-state index contributed by atoms with van der Waals surface area (Å²) in [4.78, 5) is -0.314. The zero-order valence-corrected chi connectivity index (χ0v) is 12.1. The number of sulfonamides is 1. The molecule has 1 aromatic rings. The fourth-order valence-electron chi connectivity index (χ4n) is 1.08. The molecule has 0 spiro atoms. The van der Waals surface area contributed by atoms with Gasteiger partial charge in [-0.15, -0.1) is 0 Å². The van der Waals surface area contributed by atoms with Crippen LogP contribution in [0.5, 0.6) is 0 Å². The number of hydrogen-bond acceptors (Lipinski definition) is 2. The van der Waals surface area contributed by atoms with Gasteiger partial charge in [-0.2, -0.15) is 0 Å². The Bertz CT molecular complexity index is 488. The number of alkyl halides is 1. The van der Waals surface area contributed by atoms with E-state index in [4.69, 9.17) is 0 Å². The minimum atomic E-state index is -3.78. The van der Waals surface area contributed by atoms with Gasteiger partial charge in [0.2, 0.25) is 10.0 Å². The summed E-state index contributed by atoms with van der Waals surface area (Å²) >= 11 is 3.30. The Labute approximate surface area is 110 Å². The second-order valence-electron chi connectivity index (χ2n) is 4.55. The molecule has 0 unspecified atom stereocenters. The number of rotatable bonds is 5. The van der Waals surface area contributed by atoms with Crippen LogP contribution in [-0.2, 0) is 10.0 Å². The van der Waals surface area contributed by atoms with E-state index in [9.17, 15) is 12.8 Å². The first kappa shape index (κ1) is 14.6. The molecule has 0 aliphatic rings. The molecule has 0 heterocycles. The Morgan fingerprint density at radius 1 is 1.35 bits per heavy atom.